The molecule has 0 saturated heterocycles. The number of aryl methyl sites for hydroxylation is 1. The van der Waals surface area contributed by atoms with E-state index in [9.17, 15) is 15.0 Å². The summed E-state index contributed by atoms with van der Waals surface area (Å²) >= 11 is 0. The lowest BCUT2D eigenvalue weighted by molar-refractivity contribution is 0.153. The summed E-state index contributed by atoms with van der Waals surface area (Å²) in [6.45, 7) is 2.13. The molecule has 2 amide bonds. The van der Waals surface area contributed by atoms with Gasteiger partial charge in [-0.3, -0.25) is 0 Å². The number of phenolic OH excluding ortho intramolecular Hbond substituents is 1. The normalized spacial score (nSPS) is 22.3. The van der Waals surface area contributed by atoms with Gasteiger partial charge in [0, 0.05) is 24.6 Å². The van der Waals surface area contributed by atoms with Gasteiger partial charge >= 0.3 is 6.03 Å². The van der Waals surface area contributed by atoms with Crippen molar-refractivity contribution in [3.8, 4) is 5.75 Å². The van der Waals surface area contributed by atoms with E-state index in [1.807, 2.05) is 19.1 Å². The van der Waals surface area contributed by atoms with Crippen LogP contribution in [0.25, 0.3) is 0 Å². The van der Waals surface area contributed by atoms with Gasteiger partial charge < -0.3 is 20.8 Å². The van der Waals surface area contributed by atoms with Gasteiger partial charge in [-0.2, -0.15) is 0 Å². The molecule has 5 heteroatoms. The van der Waals surface area contributed by atoms with Crippen LogP contribution in [0.2, 0.25) is 0 Å². The molecule has 128 valence electrons. The number of carbonyl (C=O) groups excluding carboxylic acids is 1. The van der Waals surface area contributed by atoms with Crippen molar-refractivity contribution in [1.29, 1.82) is 0 Å². The highest BCUT2D eigenvalue weighted by molar-refractivity contribution is 5.74. The molecule has 1 fully saturated rings. The summed E-state index contributed by atoms with van der Waals surface area (Å²) in [5.74, 6) is 0.451. The standard InChI is InChI=1S/C18H28N2O3/c1-13(6-7-14-8-10-16(22)11-9-14)19-18(23)20-17-5-3-2-4-15(17)12-21/h8-11,13,15,17,21-22H,2-7,12H2,1H3,(H2,19,20,23). The molecule has 23 heavy (non-hydrogen) atoms. The summed E-state index contributed by atoms with van der Waals surface area (Å²) in [6.07, 6.45) is 5.86. The second kappa shape index (κ2) is 8.77. The van der Waals surface area contributed by atoms with Crippen LogP contribution in [0.15, 0.2) is 24.3 Å². The molecule has 1 aromatic carbocycles. The van der Waals surface area contributed by atoms with Gasteiger partial charge in [0.05, 0.1) is 0 Å². The van der Waals surface area contributed by atoms with E-state index in [0.717, 1.165) is 44.1 Å². The van der Waals surface area contributed by atoms with Gasteiger partial charge in [0.1, 0.15) is 5.75 Å². The van der Waals surface area contributed by atoms with Gasteiger partial charge in [-0.1, -0.05) is 25.0 Å². The molecule has 3 atom stereocenters. The average Bonchev–Trinajstić information content (AvgIpc) is 2.54. The van der Waals surface area contributed by atoms with Crippen molar-refractivity contribution in [2.45, 2.75) is 57.5 Å². The van der Waals surface area contributed by atoms with Gasteiger partial charge in [-0.05, 0) is 50.3 Å². The van der Waals surface area contributed by atoms with Crippen molar-refractivity contribution in [1.82, 2.24) is 10.6 Å². The number of urea groups is 1. The molecule has 0 aliphatic heterocycles. The maximum Gasteiger partial charge on any atom is 0.315 e. The predicted molar refractivity (Wildman–Crippen MR) is 90.4 cm³/mol. The molecule has 0 bridgehead atoms. The van der Waals surface area contributed by atoms with Gasteiger partial charge in [0.25, 0.3) is 0 Å². The monoisotopic (exact) mass is 320 g/mol. The number of carbonyl (C=O) groups is 1. The second-order valence-corrected chi connectivity index (χ2v) is 6.56. The molecule has 4 N–H and O–H groups in total. The van der Waals surface area contributed by atoms with Crippen LogP contribution in [0.5, 0.6) is 5.75 Å². The maximum atomic E-state index is 12.1. The smallest absolute Gasteiger partial charge is 0.315 e. The fraction of sp³-hybridized carbons (Fsp3) is 0.611. The zero-order chi connectivity index (χ0) is 16.7. The number of aliphatic hydroxyl groups is 1. The molecule has 0 radical (unpaired) electrons. The van der Waals surface area contributed by atoms with Crippen molar-refractivity contribution >= 4 is 6.03 Å². The largest absolute Gasteiger partial charge is 0.508 e. The minimum atomic E-state index is -0.145. The zero-order valence-corrected chi connectivity index (χ0v) is 13.8. The topological polar surface area (TPSA) is 81.6 Å². The van der Waals surface area contributed by atoms with Crippen LogP contribution in [0, 0.1) is 5.92 Å². The summed E-state index contributed by atoms with van der Waals surface area (Å²) in [6, 6.07) is 7.16. The Kier molecular flexibility index (Phi) is 6.71. The molecule has 0 aromatic heterocycles. The van der Waals surface area contributed by atoms with Crippen LogP contribution in [-0.2, 0) is 6.42 Å². The fourth-order valence-electron chi connectivity index (χ4n) is 3.17. The molecule has 1 aliphatic carbocycles. The first kappa shape index (κ1) is 17.6. The summed E-state index contributed by atoms with van der Waals surface area (Å²) in [4.78, 5) is 12.1. The van der Waals surface area contributed by atoms with E-state index in [1.54, 1.807) is 12.1 Å². The number of hydrogen-bond acceptors (Lipinski definition) is 3. The van der Waals surface area contributed by atoms with Crippen molar-refractivity contribution in [2.75, 3.05) is 6.61 Å². The highest BCUT2D eigenvalue weighted by Gasteiger charge is 2.26. The Morgan fingerprint density at radius 1 is 1.26 bits per heavy atom. The lowest BCUT2D eigenvalue weighted by Crippen LogP contribution is -2.49. The highest BCUT2D eigenvalue weighted by atomic mass is 16.3. The first-order valence-electron chi connectivity index (χ1n) is 8.54. The van der Waals surface area contributed by atoms with Crippen molar-refractivity contribution < 1.29 is 15.0 Å². The summed E-state index contributed by atoms with van der Waals surface area (Å²) in [7, 11) is 0. The molecular formula is C18H28N2O3. The third-order valence-corrected chi connectivity index (χ3v) is 4.64. The molecule has 5 nitrogen and oxygen atoms in total. The Hall–Kier alpha value is -1.75. The first-order chi connectivity index (χ1) is 11.1. The molecule has 1 saturated carbocycles. The third kappa shape index (κ3) is 5.75. The van der Waals surface area contributed by atoms with Gasteiger partial charge in [-0.25, -0.2) is 4.79 Å². The maximum absolute atomic E-state index is 12.1. The van der Waals surface area contributed by atoms with Crippen molar-refractivity contribution in [3.63, 3.8) is 0 Å². The van der Waals surface area contributed by atoms with Crippen LogP contribution < -0.4 is 10.6 Å². The average molecular weight is 320 g/mol. The van der Waals surface area contributed by atoms with Crippen LogP contribution in [-0.4, -0.2) is 34.9 Å². The molecule has 3 unspecified atom stereocenters. The number of aromatic hydroxyl groups is 1. The Labute approximate surface area is 138 Å². The molecule has 0 spiro atoms. The number of benzene rings is 1. The SMILES string of the molecule is CC(CCc1ccc(O)cc1)NC(=O)NC1CCCCC1CO. The molecular weight excluding hydrogens is 292 g/mol. The van der Waals surface area contributed by atoms with E-state index in [2.05, 4.69) is 10.6 Å². The van der Waals surface area contributed by atoms with Gasteiger partial charge in [0.15, 0.2) is 0 Å². The Bertz CT molecular complexity index is 490. The van der Waals surface area contributed by atoms with Crippen LogP contribution in [0.3, 0.4) is 0 Å². The van der Waals surface area contributed by atoms with E-state index in [0.29, 0.717) is 0 Å². The predicted octanol–water partition coefficient (Wildman–Crippen LogP) is 2.56. The zero-order valence-electron chi connectivity index (χ0n) is 13.8. The first-order valence-corrected chi connectivity index (χ1v) is 8.54. The van der Waals surface area contributed by atoms with Gasteiger partial charge in [-0.15, -0.1) is 0 Å². The van der Waals surface area contributed by atoms with Crippen LogP contribution in [0.4, 0.5) is 4.79 Å². The lowest BCUT2D eigenvalue weighted by atomic mass is 9.85. The quantitative estimate of drug-likeness (QED) is 0.650. The van der Waals surface area contributed by atoms with Crippen molar-refractivity contribution in [2.24, 2.45) is 5.92 Å². The Morgan fingerprint density at radius 2 is 1.96 bits per heavy atom. The number of nitrogens with one attached hydrogen (secondary N) is 2. The second-order valence-electron chi connectivity index (χ2n) is 6.56. The summed E-state index contributed by atoms with van der Waals surface area (Å²) < 4.78 is 0. The molecule has 0 heterocycles. The Morgan fingerprint density at radius 3 is 2.65 bits per heavy atom. The van der Waals surface area contributed by atoms with Crippen LogP contribution in [0.1, 0.15) is 44.6 Å². The number of hydrogen-bond donors (Lipinski definition) is 4. The number of amides is 2. The lowest BCUT2D eigenvalue weighted by Gasteiger charge is -2.31. The van der Waals surface area contributed by atoms with Gasteiger partial charge in [0.2, 0.25) is 0 Å². The van der Waals surface area contributed by atoms with Crippen LogP contribution >= 0.6 is 0 Å². The number of aliphatic hydroxyl groups excluding tert-OH is 1. The fourth-order valence-corrected chi connectivity index (χ4v) is 3.17. The van der Waals surface area contributed by atoms with E-state index < -0.39 is 0 Å². The van der Waals surface area contributed by atoms with E-state index >= 15 is 0 Å². The van der Waals surface area contributed by atoms with Crippen molar-refractivity contribution in [3.05, 3.63) is 29.8 Å². The Balaban J connectivity index is 1.72. The van der Waals surface area contributed by atoms with E-state index in [-0.39, 0.29) is 36.4 Å². The molecule has 1 aromatic rings. The number of rotatable bonds is 6. The van der Waals surface area contributed by atoms with E-state index in [1.165, 1.54) is 0 Å². The minimum Gasteiger partial charge on any atom is -0.508 e. The third-order valence-electron chi connectivity index (χ3n) is 4.64. The summed E-state index contributed by atoms with van der Waals surface area (Å²) in [5, 5.41) is 24.6. The van der Waals surface area contributed by atoms with E-state index in [4.69, 9.17) is 0 Å². The number of phenols is 1. The molecule has 1 aliphatic rings. The highest BCUT2D eigenvalue weighted by Crippen LogP contribution is 2.23. The molecule has 2 rings (SSSR count). The summed E-state index contributed by atoms with van der Waals surface area (Å²) in [5.41, 5.74) is 1.14. The minimum absolute atomic E-state index is 0.0694.